The minimum atomic E-state index is -0.349. The van der Waals surface area contributed by atoms with Crippen LogP contribution in [0.25, 0.3) is 0 Å². The summed E-state index contributed by atoms with van der Waals surface area (Å²) in [5.74, 6) is -0.435. The van der Waals surface area contributed by atoms with Gasteiger partial charge in [-0.2, -0.15) is 0 Å². The smallest absolute Gasteiger partial charge is 0.382 e. The Labute approximate surface area is 136 Å². The SMILES string of the molecule is CCCCCCCCCCC[N+](C)(C)C(O)=C(O)OCC.[OH-]. The summed E-state index contributed by atoms with van der Waals surface area (Å²) in [7, 11) is 3.77. The van der Waals surface area contributed by atoms with E-state index in [-0.39, 0.29) is 21.8 Å². The molecule has 0 saturated heterocycles. The zero-order valence-corrected chi connectivity index (χ0v) is 15.0. The zero-order valence-electron chi connectivity index (χ0n) is 15.0. The Balaban J connectivity index is 0. The molecular formula is C17H37NO4. The van der Waals surface area contributed by atoms with Gasteiger partial charge < -0.3 is 20.4 Å². The van der Waals surface area contributed by atoms with E-state index in [0.29, 0.717) is 6.61 Å². The van der Waals surface area contributed by atoms with E-state index in [9.17, 15) is 10.2 Å². The van der Waals surface area contributed by atoms with E-state index < -0.39 is 0 Å². The number of quaternary nitrogens is 1. The molecule has 0 aliphatic carbocycles. The van der Waals surface area contributed by atoms with Crippen molar-refractivity contribution in [3.8, 4) is 0 Å². The number of aliphatic hydroxyl groups excluding tert-OH is 2. The van der Waals surface area contributed by atoms with Gasteiger partial charge in [0.25, 0.3) is 0 Å². The molecule has 0 saturated carbocycles. The second-order valence-corrected chi connectivity index (χ2v) is 6.30. The standard InChI is InChI=1S/C17H35NO3.H2O/c1-5-7-8-9-10-11-12-13-14-15-18(3,4)16(19)17(20)21-6-2;/h5-15H2,1-4H3,(H-,19,20);1H2. The van der Waals surface area contributed by atoms with Gasteiger partial charge in [0, 0.05) is 0 Å². The van der Waals surface area contributed by atoms with Crippen molar-refractivity contribution in [1.29, 1.82) is 0 Å². The first kappa shape index (κ1) is 23.3. The van der Waals surface area contributed by atoms with Crippen LogP contribution in [-0.4, -0.2) is 47.4 Å². The molecule has 0 spiro atoms. The number of rotatable bonds is 13. The van der Waals surface area contributed by atoms with Gasteiger partial charge in [-0.25, -0.2) is 0 Å². The molecular weight excluding hydrogens is 282 g/mol. The molecule has 22 heavy (non-hydrogen) atoms. The molecule has 5 nitrogen and oxygen atoms in total. The molecule has 0 aromatic carbocycles. The van der Waals surface area contributed by atoms with Crippen molar-refractivity contribution < 1.29 is 24.9 Å². The third-order valence-corrected chi connectivity index (χ3v) is 3.87. The van der Waals surface area contributed by atoms with Crippen molar-refractivity contribution in [2.24, 2.45) is 0 Å². The maximum atomic E-state index is 9.98. The Bertz CT molecular complexity index is 290. The fourth-order valence-electron chi connectivity index (χ4n) is 2.38. The topological polar surface area (TPSA) is 79.7 Å². The van der Waals surface area contributed by atoms with Gasteiger partial charge in [0.15, 0.2) is 0 Å². The minimum absolute atomic E-state index is 0. The number of hydrogen-bond acceptors (Lipinski definition) is 4. The van der Waals surface area contributed by atoms with Crippen molar-refractivity contribution in [2.75, 3.05) is 27.2 Å². The highest BCUT2D eigenvalue weighted by atomic mass is 16.6. The monoisotopic (exact) mass is 319 g/mol. The highest BCUT2D eigenvalue weighted by molar-refractivity contribution is 4.81. The summed E-state index contributed by atoms with van der Waals surface area (Å²) in [6.07, 6.45) is 11.5. The molecule has 134 valence electrons. The van der Waals surface area contributed by atoms with Gasteiger partial charge in [-0.05, 0) is 19.8 Å². The quantitative estimate of drug-likeness (QED) is 0.293. The molecule has 0 aromatic rings. The Morgan fingerprint density at radius 2 is 1.27 bits per heavy atom. The van der Waals surface area contributed by atoms with Crippen LogP contribution < -0.4 is 0 Å². The van der Waals surface area contributed by atoms with Crippen LogP contribution in [0.4, 0.5) is 0 Å². The molecule has 0 bridgehead atoms. The van der Waals surface area contributed by atoms with Crippen LogP contribution in [0.2, 0.25) is 0 Å². The van der Waals surface area contributed by atoms with Crippen molar-refractivity contribution in [3.05, 3.63) is 11.8 Å². The minimum Gasteiger partial charge on any atom is -0.870 e. The number of hydrogen-bond donors (Lipinski definition) is 2. The van der Waals surface area contributed by atoms with E-state index in [2.05, 4.69) is 6.92 Å². The highest BCUT2D eigenvalue weighted by Gasteiger charge is 2.26. The van der Waals surface area contributed by atoms with Gasteiger partial charge >= 0.3 is 11.8 Å². The lowest BCUT2D eigenvalue weighted by atomic mass is 10.1. The summed E-state index contributed by atoms with van der Waals surface area (Å²) in [5.41, 5.74) is 0. The zero-order chi connectivity index (χ0) is 16.1. The van der Waals surface area contributed by atoms with Crippen LogP contribution in [-0.2, 0) is 4.74 Å². The van der Waals surface area contributed by atoms with Crippen LogP contribution in [0.1, 0.15) is 71.6 Å². The number of unbranched alkanes of at least 4 members (excludes halogenated alkanes) is 8. The molecule has 0 amide bonds. The van der Waals surface area contributed by atoms with E-state index in [1.807, 2.05) is 14.1 Å². The third-order valence-electron chi connectivity index (χ3n) is 3.87. The van der Waals surface area contributed by atoms with Crippen molar-refractivity contribution in [2.45, 2.75) is 71.6 Å². The molecule has 0 atom stereocenters. The second-order valence-electron chi connectivity index (χ2n) is 6.30. The molecule has 0 fully saturated rings. The lowest BCUT2D eigenvalue weighted by Crippen LogP contribution is -2.40. The first-order valence-corrected chi connectivity index (χ1v) is 8.54. The van der Waals surface area contributed by atoms with Crippen LogP contribution in [0.3, 0.4) is 0 Å². The number of nitrogens with zero attached hydrogens (tertiary/aromatic N) is 1. The Hall–Kier alpha value is -0.940. The van der Waals surface area contributed by atoms with Crippen LogP contribution in [0.15, 0.2) is 11.8 Å². The Morgan fingerprint density at radius 1 is 0.818 bits per heavy atom. The van der Waals surface area contributed by atoms with Gasteiger partial charge in [-0.1, -0.05) is 51.9 Å². The fraction of sp³-hybridized carbons (Fsp3) is 0.882. The first-order valence-electron chi connectivity index (χ1n) is 8.54. The van der Waals surface area contributed by atoms with Crippen LogP contribution >= 0.6 is 0 Å². The highest BCUT2D eigenvalue weighted by Crippen LogP contribution is 2.16. The fourth-order valence-corrected chi connectivity index (χ4v) is 2.38. The molecule has 0 unspecified atom stereocenters. The van der Waals surface area contributed by atoms with E-state index in [0.717, 1.165) is 13.0 Å². The molecule has 0 aromatic heterocycles. The largest absolute Gasteiger partial charge is 0.870 e. The van der Waals surface area contributed by atoms with Crippen molar-refractivity contribution in [1.82, 2.24) is 0 Å². The predicted molar refractivity (Wildman–Crippen MR) is 90.0 cm³/mol. The van der Waals surface area contributed by atoms with Crippen molar-refractivity contribution >= 4 is 0 Å². The normalized spacial score (nSPS) is 12.5. The molecule has 0 radical (unpaired) electrons. The summed E-state index contributed by atoms with van der Waals surface area (Å²) >= 11 is 0. The molecule has 0 rings (SSSR count). The van der Waals surface area contributed by atoms with Crippen molar-refractivity contribution in [3.63, 3.8) is 0 Å². The van der Waals surface area contributed by atoms with Gasteiger partial charge in [0.2, 0.25) is 0 Å². The van der Waals surface area contributed by atoms with Gasteiger partial charge in [-0.3, -0.25) is 4.48 Å². The Morgan fingerprint density at radius 3 is 1.73 bits per heavy atom. The van der Waals surface area contributed by atoms with E-state index in [1.54, 1.807) is 6.92 Å². The van der Waals surface area contributed by atoms with E-state index in [4.69, 9.17) is 4.74 Å². The van der Waals surface area contributed by atoms with Gasteiger partial charge in [-0.15, -0.1) is 0 Å². The van der Waals surface area contributed by atoms with Crippen LogP contribution in [0.5, 0.6) is 0 Å². The lowest BCUT2D eigenvalue weighted by Gasteiger charge is -2.27. The van der Waals surface area contributed by atoms with Gasteiger partial charge in [0.1, 0.15) is 0 Å². The first-order chi connectivity index (χ1) is 9.95. The number of ether oxygens (including phenoxy) is 1. The van der Waals surface area contributed by atoms with E-state index in [1.165, 1.54) is 51.4 Å². The molecule has 3 N–H and O–H groups in total. The Kier molecular flexibility index (Phi) is 14.5. The van der Waals surface area contributed by atoms with E-state index >= 15 is 0 Å². The molecule has 0 aliphatic heterocycles. The predicted octanol–water partition coefficient (Wildman–Crippen LogP) is 4.70. The molecule has 0 aliphatic rings. The summed E-state index contributed by atoms with van der Waals surface area (Å²) in [5, 5.41) is 19.6. The van der Waals surface area contributed by atoms with Crippen LogP contribution in [0, 0.1) is 0 Å². The number of aliphatic hydroxyl groups is 2. The average Bonchev–Trinajstić information content (AvgIpc) is 2.45. The maximum Gasteiger partial charge on any atom is 0.382 e. The third kappa shape index (κ3) is 10.7. The van der Waals surface area contributed by atoms with Gasteiger partial charge in [0.05, 0.1) is 27.2 Å². The summed E-state index contributed by atoms with van der Waals surface area (Å²) in [6.45, 7) is 5.18. The summed E-state index contributed by atoms with van der Waals surface area (Å²) in [6, 6.07) is 0. The average molecular weight is 319 g/mol. The lowest BCUT2D eigenvalue weighted by molar-refractivity contribution is -0.869. The maximum absolute atomic E-state index is 9.98. The second kappa shape index (κ2) is 13.7. The summed E-state index contributed by atoms with van der Waals surface area (Å²) < 4.78 is 5.22. The molecule has 5 heteroatoms. The molecule has 0 heterocycles. The summed E-state index contributed by atoms with van der Waals surface area (Å²) in [4.78, 5) is 0.